The van der Waals surface area contributed by atoms with Crippen molar-refractivity contribution in [1.29, 1.82) is 0 Å². The molecule has 10 heteroatoms. The van der Waals surface area contributed by atoms with E-state index in [0.29, 0.717) is 5.75 Å². The zero-order valence-corrected chi connectivity index (χ0v) is 13.4. The number of carbonyl (C=O) groups is 2. The number of aliphatic hydroxyl groups is 1. The number of azide groups is 1. The third-order valence-electron chi connectivity index (χ3n) is 2.91. The molecule has 0 aromatic rings. The molecule has 1 heterocycles. The highest BCUT2D eigenvalue weighted by molar-refractivity contribution is 7.99. The smallest absolute Gasteiger partial charge is 0.303 e. The molecule has 1 saturated heterocycles. The lowest BCUT2D eigenvalue weighted by Gasteiger charge is -2.43. The van der Waals surface area contributed by atoms with Gasteiger partial charge in [0.2, 0.25) is 0 Å². The van der Waals surface area contributed by atoms with Gasteiger partial charge in [-0.15, -0.1) is 11.8 Å². The van der Waals surface area contributed by atoms with Crippen LogP contribution in [-0.2, 0) is 23.8 Å². The van der Waals surface area contributed by atoms with E-state index >= 15 is 0 Å². The predicted molar refractivity (Wildman–Crippen MR) is 77.9 cm³/mol. The van der Waals surface area contributed by atoms with Crippen molar-refractivity contribution in [3.8, 4) is 0 Å². The topological polar surface area (TPSA) is 131 Å². The number of thioether (sulfide) groups is 1. The molecule has 2 unspecified atom stereocenters. The first-order valence-corrected chi connectivity index (χ1v) is 7.76. The van der Waals surface area contributed by atoms with Crippen LogP contribution in [0.4, 0.5) is 0 Å². The van der Waals surface area contributed by atoms with Crippen molar-refractivity contribution in [3.05, 3.63) is 10.4 Å². The summed E-state index contributed by atoms with van der Waals surface area (Å²) in [5.41, 5.74) is 8.13. The van der Waals surface area contributed by atoms with E-state index < -0.39 is 48.3 Å². The number of aliphatic hydroxyl groups excluding tert-OH is 1. The van der Waals surface area contributed by atoms with Crippen LogP contribution in [0.5, 0.6) is 0 Å². The first-order valence-electron chi connectivity index (χ1n) is 6.71. The maximum atomic E-state index is 11.3. The zero-order valence-electron chi connectivity index (χ0n) is 12.5. The van der Waals surface area contributed by atoms with Gasteiger partial charge < -0.3 is 19.3 Å². The van der Waals surface area contributed by atoms with Gasteiger partial charge in [0.25, 0.3) is 0 Å². The van der Waals surface area contributed by atoms with Crippen LogP contribution in [-0.4, -0.2) is 59.2 Å². The third-order valence-corrected chi connectivity index (χ3v) is 3.97. The van der Waals surface area contributed by atoms with Crippen LogP contribution < -0.4 is 0 Å². The Bertz CT molecular complexity index is 456. The van der Waals surface area contributed by atoms with Gasteiger partial charge in [-0.05, 0) is 11.3 Å². The molecule has 0 aliphatic carbocycles. The summed E-state index contributed by atoms with van der Waals surface area (Å²) < 4.78 is 16.0. The SMILES string of the molecule is CCS[C@@H]1OC(CO)[C@@H](OC(C)=O)[C@H](OC(C)=O)C1N=[N+]=[N-]. The Hall–Kier alpha value is -1.48. The summed E-state index contributed by atoms with van der Waals surface area (Å²) in [4.78, 5) is 25.4. The molecule has 1 aliphatic rings. The normalized spacial score (nSPS) is 31.0. The number of hydrogen-bond acceptors (Lipinski definition) is 8. The summed E-state index contributed by atoms with van der Waals surface area (Å²) in [6, 6.07) is -0.869. The zero-order chi connectivity index (χ0) is 16.7. The van der Waals surface area contributed by atoms with Crippen molar-refractivity contribution < 1.29 is 28.9 Å². The van der Waals surface area contributed by atoms with E-state index in [1.807, 2.05) is 6.92 Å². The summed E-state index contributed by atoms with van der Waals surface area (Å²) in [5, 5.41) is 13.1. The molecule has 0 aromatic heterocycles. The van der Waals surface area contributed by atoms with Crippen LogP contribution in [0.2, 0.25) is 0 Å². The van der Waals surface area contributed by atoms with Gasteiger partial charge in [-0.3, -0.25) is 9.59 Å². The van der Waals surface area contributed by atoms with Crippen LogP contribution in [0.3, 0.4) is 0 Å². The highest BCUT2D eigenvalue weighted by atomic mass is 32.2. The molecule has 9 nitrogen and oxygen atoms in total. The largest absolute Gasteiger partial charge is 0.458 e. The Balaban J connectivity index is 3.17. The molecule has 1 fully saturated rings. The van der Waals surface area contributed by atoms with E-state index in [1.165, 1.54) is 25.6 Å². The van der Waals surface area contributed by atoms with Crippen molar-refractivity contribution >= 4 is 23.7 Å². The number of carbonyl (C=O) groups excluding carboxylic acids is 2. The average Bonchev–Trinajstić information content (AvgIpc) is 2.44. The Kier molecular flexibility index (Phi) is 7.46. The fraction of sp³-hybridized carbons (Fsp3) is 0.833. The summed E-state index contributed by atoms with van der Waals surface area (Å²) in [6.07, 6.45) is -2.94. The quantitative estimate of drug-likeness (QED) is 0.332. The van der Waals surface area contributed by atoms with E-state index in [2.05, 4.69) is 10.0 Å². The monoisotopic (exact) mass is 333 g/mol. The minimum atomic E-state index is -1.05. The van der Waals surface area contributed by atoms with Gasteiger partial charge in [-0.2, -0.15) is 0 Å². The maximum absolute atomic E-state index is 11.3. The lowest BCUT2D eigenvalue weighted by molar-refractivity contribution is -0.206. The number of nitrogens with zero attached hydrogens (tertiary/aromatic N) is 3. The molecule has 1 aliphatic heterocycles. The summed E-state index contributed by atoms with van der Waals surface area (Å²) >= 11 is 1.34. The van der Waals surface area contributed by atoms with Crippen molar-refractivity contribution in [2.24, 2.45) is 5.11 Å². The fourth-order valence-corrected chi connectivity index (χ4v) is 3.14. The molecule has 0 aromatic carbocycles. The van der Waals surface area contributed by atoms with E-state index in [-0.39, 0.29) is 0 Å². The van der Waals surface area contributed by atoms with Crippen LogP contribution in [0.1, 0.15) is 20.8 Å². The molecular formula is C12H19N3O6S. The fourth-order valence-electron chi connectivity index (χ4n) is 2.18. The second-order valence-electron chi connectivity index (χ2n) is 4.52. The van der Waals surface area contributed by atoms with Gasteiger partial charge in [0.1, 0.15) is 17.6 Å². The Morgan fingerprint density at radius 3 is 2.36 bits per heavy atom. The lowest BCUT2D eigenvalue weighted by atomic mass is 9.98. The van der Waals surface area contributed by atoms with Crippen LogP contribution >= 0.6 is 11.8 Å². The van der Waals surface area contributed by atoms with Crippen molar-refractivity contribution in [2.45, 2.75) is 50.6 Å². The van der Waals surface area contributed by atoms with E-state index in [9.17, 15) is 14.7 Å². The number of ether oxygens (including phenoxy) is 3. The van der Waals surface area contributed by atoms with Gasteiger partial charge in [0.05, 0.1) is 6.61 Å². The molecule has 22 heavy (non-hydrogen) atoms. The molecule has 0 amide bonds. The molecule has 0 bridgehead atoms. The molecule has 1 rings (SSSR count). The number of hydrogen-bond donors (Lipinski definition) is 1. The van der Waals surface area contributed by atoms with Gasteiger partial charge >= 0.3 is 11.9 Å². The minimum Gasteiger partial charge on any atom is -0.458 e. The van der Waals surface area contributed by atoms with E-state index in [4.69, 9.17) is 19.7 Å². The van der Waals surface area contributed by atoms with Crippen LogP contribution in [0, 0.1) is 0 Å². The van der Waals surface area contributed by atoms with Crippen molar-refractivity contribution in [3.63, 3.8) is 0 Å². The van der Waals surface area contributed by atoms with Gasteiger partial charge in [0.15, 0.2) is 12.2 Å². The van der Waals surface area contributed by atoms with Gasteiger partial charge in [0, 0.05) is 18.8 Å². The van der Waals surface area contributed by atoms with Gasteiger partial charge in [-0.1, -0.05) is 12.0 Å². The second-order valence-corrected chi connectivity index (χ2v) is 5.90. The molecule has 0 spiro atoms. The summed E-state index contributed by atoms with van der Waals surface area (Å²) in [5.74, 6) is -0.574. The summed E-state index contributed by atoms with van der Waals surface area (Å²) in [7, 11) is 0. The van der Waals surface area contributed by atoms with Crippen LogP contribution in [0.25, 0.3) is 10.4 Å². The summed E-state index contributed by atoms with van der Waals surface area (Å²) in [6.45, 7) is 3.84. The standard InChI is InChI=1S/C12H19N3O6S/c1-4-22-12-9(14-15-13)11(20-7(3)18)10(19-6(2)17)8(5-16)21-12/h8-12,16H,4-5H2,1-3H3/t8?,9?,10-,11-,12+/m1/s1. The van der Waals surface area contributed by atoms with Crippen LogP contribution in [0.15, 0.2) is 5.11 Å². The molecule has 5 atom stereocenters. The Labute approximate surface area is 131 Å². The minimum absolute atomic E-state index is 0.431. The highest BCUT2D eigenvalue weighted by Gasteiger charge is 2.49. The molecular weight excluding hydrogens is 314 g/mol. The first kappa shape index (κ1) is 18.6. The highest BCUT2D eigenvalue weighted by Crippen LogP contribution is 2.33. The number of rotatable bonds is 6. The maximum Gasteiger partial charge on any atom is 0.303 e. The molecule has 1 N–H and O–H groups in total. The molecule has 0 radical (unpaired) electrons. The Morgan fingerprint density at radius 2 is 1.91 bits per heavy atom. The predicted octanol–water partition coefficient (Wildman–Crippen LogP) is 0.999. The number of esters is 2. The van der Waals surface area contributed by atoms with Crippen molar-refractivity contribution in [2.75, 3.05) is 12.4 Å². The molecule has 124 valence electrons. The lowest BCUT2D eigenvalue weighted by Crippen LogP contribution is -2.59. The first-order chi connectivity index (χ1) is 10.4. The van der Waals surface area contributed by atoms with Gasteiger partial charge in [-0.25, -0.2) is 0 Å². The van der Waals surface area contributed by atoms with E-state index in [1.54, 1.807) is 0 Å². The van der Waals surface area contributed by atoms with E-state index in [0.717, 1.165) is 0 Å². The average molecular weight is 333 g/mol. The molecule has 0 saturated carbocycles. The van der Waals surface area contributed by atoms with Crippen molar-refractivity contribution in [1.82, 2.24) is 0 Å². The third kappa shape index (κ3) is 4.77. The second kappa shape index (κ2) is 8.84. The Morgan fingerprint density at radius 1 is 1.32 bits per heavy atom.